The summed E-state index contributed by atoms with van der Waals surface area (Å²) >= 11 is 8.45. The second-order valence-electron chi connectivity index (χ2n) is 19.8. The van der Waals surface area contributed by atoms with E-state index in [1.807, 2.05) is 13.8 Å². The minimum atomic E-state index is -1.33. The Labute approximate surface area is 576 Å². The van der Waals surface area contributed by atoms with Crippen LogP contribution in [-0.4, -0.2) is 100 Å². The van der Waals surface area contributed by atoms with Crippen LogP contribution in [-0.2, 0) is 19.2 Å². The van der Waals surface area contributed by atoms with Gasteiger partial charge in [0.15, 0.2) is 0 Å². The SMILES string of the molecule is CC(C)NC(=O)Sc1ccc(Cl)cc1C(=O)NCCC(N)=O.NC(=O)CCNC(=O)c1ccccc1SC(=O)c1c(F)cc(F)cc1F.NC(=O)CCNC(=O)c1ccccc1SC(=O)c1c(F)cccc1F.NC(=O)CCNC(=O)c1ccccc1SC(=O)c1ccc(F)cc1F. The third kappa shape index (κ3) is 27.2. The van der Waals surface area contributed by atoms with Crippen LogP contribution in [0, 0.1) is 40.7 Å². The van der Waals surface area contributed by atoms with Gasteiger partial charge in [0, 0.05) is 101 Å². The summed E-state index contributed by atoms with van der Waals surface area (Å²) in [7, 11) is 0. The molecule has 0 aliphatic carbocycles. The molecule has 0 bridgehead atoms. The molecule has 516 valence electrons. The number of nitrogens with two attached hydrogens (primary N) is 4. The van der Waals surface area contributed by atoms with Crippen molar-refractivity contribution >= 4 is 126 Å². The van der Waals surface area contributed by atoms with Gasteiger partial charge in [0.1, 0.15) is 51.8 Å². The van der Waals surface area contributed by atoms with E-state index in [1.165, 1.54) is 54.6 Å². The van der Waals surface area contributed by atoms with Crippen molar-refractivity contribution in [2.75, 3.05) is 26.2 Å². The topological polar surface area (TPSA) is 369 Å². The van der Waals surface area contributed by atoms with Gasteiger partial charge in [-0.1, -0.05) is 54.1 Å². The highest BCUT2D eigenvalue weighted by Gasteiger charge is 2.25. The zero-order valence-corrected chi connectivity index (χ0v) is 55.4. The van der Waals surface area contributed by atoms with Crippen molar-refractivity contribution in [2.45, 2.75) is 65.2 Å². The van der Waals surface area contributed by atoms with E-state index in [0.717, 1.165) is 42.1 Å². The van der Waals surface area contributed by atoms with E-state index in [-0.39, 0.29) is 101 Å². The van der Waals surface area contributed by atoms with Crippen LogP contribution in [0.15, 0.2) is 159 Å². The molecule has 0 aliphatic rings. The van der Waals surface area contributed by atoms with E-state index in [0.29, 0.717) is 68.3 Å². The van der Waals surface area contributed by atoms with Gasteiger partial charge >= 0.3 is 0 Å². The minimum Gasteiger partial charge on any atom is -0.370 e. The molecule has 7 aromatic rings. The third-order valence-corrected chi connectivity index (χ3v) is 16.0. The molecular weight excluding hydrogens is 1400 g/mol. The number of benzene rings is 7. The number of nitrogens with one attached hydrogen (secondary N) is 5. The van der Waals surface area contributed by atoms with Crippen LogP contribution in [0.2, 0.25) is 5.02 Å². The second-order valence-corrected chi connectivity index (χ2v) is 24.3. The number of rotatable bonds is 24. The van der Waals surface area contributed by atoms with Crippen LogP contribution < -0.4 is 49.5 Å². The van der Waals surface area contributed by atoms with E-state index in [2.05, 4.69) is 26.6 Å². The van der Waals surface area contributed by atoms with E-state index >= 15 is 0 Å². The fraction of sp³-hybridized carbons (Fsp3) is 0.169. The lowest BCUT2D eigenvalue weighted by atomic mass is 10.2. The first kappa shape index (κ1) is 80.4. The molecule has 0 aromatic heterocycles. The number of hydrogen-bond acceptors (Lipinski definition) is 16. The Bertz CT molecular complexity index is 4100. The van der Waals surface area contributed by atoms with Crippen LogP contribution in [0.4, 0.5) is 35.5 Å². The van der Waals surface area contributed by atoms with Crippen LogP contribution in [0.25, 0.3) is 0 Å². The van der Waals surface area contributed by atoms with Crippen LogP contribution in [0.3, 0.4) is 0 Å². The second kappa shape index (κ2) is 40.5. The van der Waals surface area contributed by atoms with Gasteiger partial charge in [-0.05, 0) is 140 Å². The lowest BCUT2D eigenvalue weighted by molar-refractivity contribution is -0.118. The smallest absolute Gasteiger partial charge is 0.284 e. The monoisotopic (exact) mass is 1450 g/mol. The van der Waals surface area contributed by atoms with Gasteiger partial charge in [0.2, 0.25) is 39.0 Å². The average Bonchev–Trinajstić information content (AvgIpc) is 0.839. The lowest BCUT2D eigenvalue weighted by Crippen LogP contribution is -2.29. The Morgan fingerprint density at radius 2 is 0.714 bits per heavy atom. The molecule has 13 N–H and O–H groups in total. The lowest BCUT2D eigenvalue weighted by Gasteiger charge is -2.11. The van der Waals surface area contributed by atoms with Crippen molar-refractivity contribution in [3.05, 3.63) is 224 Å². The first-order chi connectivity index (χ1) is 46.4. The predicted octanol–water partition coefficient (Wildman–Crippen LogP) is 9.80. The first-order valence-electron chi connectivity index (χ1n) is 28.4. The van der Waals surface area contributed by atoms with Gasteiger partial charge in [-0.3, -0.25) is 57.5 Å². The average molecular weight is 1450 g/mol. The largest absolute Gasteiger partial charge is 0.370 e. The van der Waals surface area contributed by atoms with Crippen molar-refractivity contribution < 1.29 is 88.3 Å². The molecule has 0 radical (unpaired) electrons. The molecule has 0 atom stereocenters. The maximum Gasteiger partial charge on any atom is 0.284 e. The normalized spacial score (nSPS) is 10.4. The van der Waals surface area contributed by atoms with Crippen molar-refractivity contribution in [3.8, 4) is 0 Å². The Balaban J connectivity index is 0.000000278. The summed E-state index contributed by atoms with van der Waals surface area (Å²) in [5.41, 5.74) is 18.9. The van der Waals surface area contributed by atoms with Gasteiger partial charge in [0.05, 0.1) is 27.8 Å². The first-order valence-corrected chi connectivity index (χ1v) is 32.0. The van der Waals surface area contributed by atoms with E-state index in [9.17, 15) is 88.3 Å². The molecule has 0 saturated carbocycles. The van der Waals surface area contributed by atoms with Gasteiger partial charge in [-0.25, -0.2) is 30.7 Å². The Hall–Kier alpha value is -10.0. The predicted molar refractivity (Wildman–Crippen MR) is 354 cm³/mol. The fourth-order valence-electron chi connectivity index (χ4n) is 7.48. The minimum absolute atomic E-state index is 0.000133. The summed E-state index contributed by atoms with van der Waals surface area (Å²) < 4.78 is 94.5. The van der Waals surface area contributed by atoms with Crippen molar-refractivity contribution in [2.24, 2.45) is 22.9 Å². The fourth-order valence-corrected chi connectivity index (χ4v) is 11.3. The van der Waals surface area contributed by atoms with E-state index < -0.39 is 114 Å². The number of thioether (sulfide) groups is 4. The van der Waals surface area contributed by atoms with Crippen LogP contribution >= 0.6 is 58.6 Å². The molecule has 7 aromatic carbocycles. The van der Waals surface area contributed by atoms with E-state index in [4.69, 9.17) is 34.5 Å². The van der Waals surface area contributed by atoms with Gasteiger partial charge in [-0.15, -0.1) is 0 Å². The molecule has 33 heteroatoms. The molecule has 0 aliphatic heterocycles. The molecule has 0 heterocycles. The molecular formula is C65H59ClF7N9O12S4. The Morgan fingerprint density at radius 3 is 1.09 bits per heavy atom. The maximum absolute atomic E-state index is 13.7. The number of carbonyl (C=O) groups is 12. The number of halogens is 8. The summed E-state index contributed by atoms with van der Waals surface area (Å²) in [4.78, 5) is 141. The highest BCUT2D eigenvalue weighted by Crippen LogP contribution is 2.32. The zero-order chi connectivity index (χ0) is 72.8. The highest BCUT2D eigenvalue weighted by atomic mass is 35.5. The summed E-state index contributed by atoms with van der Waals surface area (Å²) in [6.45, 7) is 3.93. The Morgan fingerprint density at radius 1 is 0.367 bits per heavy atom. The van der Waals surface area contributed by atoms with Crippen molar-refractivity contribution in [1.82, 2.24) is 26.6 Å². The van der Waals surface area contributed by atoms with Gasteiger partial charge < -0.3 is 49.5 Å². The standard InChI is InChI=1S/C17H13F3N2O3S.2C17H14F2N2O3S.C14H18ClN3O3S/c18-9-7-11(19)15(12(20)8-9)17(25)26-13-4-2-1-3-10(13)16(24)22-6-5-14(21)23;18-11-5-3-6-12(19)15(11)17(24)25-13-7-2-1-4-10(13)16(23)21-9-8-14(20)22;18-10-5-6-11(13(19)9-10)17(24)25-14-4-2-1-3-12(14)16(23)21-8-7-15(20)22;1-8(2)18-14(21)22-11-4-3-9(15)7-10(11)13(20)17-6-5-12(16)19/h1-4,7-8H,5-6H2,(H2,21,23)(H,22,24);1-7H,8-9H2,(H2,20,22)(H,21,23);1-6,9H,7-8H2,(H2,20,22)(H,21,23);3-4,7-8H,5-6H2,1-2H3,(H2,16,19)(H,17,20)(H,18,21). The maximum atomic E-state index is 13.7. The molecule has 0 spiro atoms. The number of hydrogen-bond donors (Lipinski definition) is 9. The van der Waals surface area contributed by atoms with E-state index in [1.54, 1.807) is 36.4 Å². The molecule has 0 fully saturated rings. The van der Waals surface area contributed by atoms with Crippen molar-refractivity contribution in [1.29, 1.82) is 0 Å². The molecule has 0 saturated heterocycles. The molecule has 7 rings (SSSR count). The molecule has 98 heavy (non-hydrogen) atoms. The highest BCUT2D eigenvalue weighted by molar-refractivity contribution is 8.15. The summed E-state index contributed by atoms with van der Waals surface area (Å²) in [5, 5.41) is 10.4. The summed E-state index contributed by atoms with van der Waals surface area (Å²) in [6.07, 6.45) is -0.0597. The van der Waals surface area contributed by atoms with Gasteiger partial charge in [0.25, 0.3) is 28.9 Å². The number of carbonyl (C=O) groups excluding carboxylic acids is 12. The van der Waals surface area contributed by atoms with Crippen molar-refractivity contribution in [3.63, 3.8) is 0 Å². The van der Waals surface area contributed by atoms with Crippen LogP contribution in [0.1, 0.15) is 112 Å². The number of amides is 9. The quantitative estimate of drug-likeness (QED) is 0.0201. The zero-order valence-electron chi connectivity index (χ0n) is 51.4. The summed E-state index contributed by atoms with van der Waals surface area (Å²) in [6, 6.07) is 29.6. The molecule has 21 nitrogen and oxygen atoms in total. The van der Waals surface area contributed by atoms with Gasteiger partial charge in [-0.2, -0.15) is 0 Å². The Kier molecular flexibility index (Phi) is 33.2. The third-order valence-electron chi connectivity index (χ3n) is 12.0. The molecule has 0 unspecified atom stereocenters. The molecule has 9 amide bonds. The number of primary amides is 4. The van der Waals surface area contributed by atoms with Crippen LogP contribution in [0.5, 0.6) is 0 Å². The summed E-state index contributed by atoms with van der Waals surface area (Å²) in [5.74, 6) is -11.7.